The van der Waals surface area contributed by atoms with Crippen molar-refractivity contribution in [3.8, 4) is 0 Å². The molecule has 1 fully saturated rings. The van der Waals surface area contributed by atoms with Gasteiger partial charge in [-0.1, -0.05) is 13.8 Å². The van der Waals surface area contributed by atoms with Gasteiger partial charge in [0.05, 0.1) is 11.0 Å². The summed E-state index contributed by atoms with van der Waals surface area (Å²) in [6.07, 6.45) is 3.86. The van der Waals surface area contributed by atoms with E-state index in [1.54, 1.807) is 0 Å². The number of rotatable bonds is 4. The van der Waals surface area contributed by atoms with E-state index in [4.69, 9.17) is 5.73 Å². The maximum absolute atomic E-state index is 12.6. The van der Waals surface area contributed by atoms with Gasteiger partial charge in [0.25, 0.3) is 0 Å². The molecule has 1 rings (SSSR count). The fourth-order valence-electron chi connectivity index (χ4n) is 2.73. The Morgan fingerprint density at radius 3 is 2.44 bits per heavy atom. The molecule has 1 atom stereocenters. The van der Waals surface area contributed by atoms with E-state index in [-0.39, 0.29) is 5.91 Å². The van der Waals surface area contributed by atoms with E-state index >= 15 is 0 Å². The molecule has 1 amide bonds. The van der Waals surface area contributed by atoms with Crippen molar-refractivity contribution < 1.29 is 9.90 Å². The molecule has 0 aliphatic carbocycles. The van der Waals surface area contributed by atoms with E-state index in [1.807, 2.05) is 25.7 Å². The number of carbonyl (C=O) groups excluding carboxylic acids is 1. The summed E-state index contributed by atoms with van der Waals surface area (Å²) in [7, 11) is 0. The van der Waals surface area contributed by atoms with Crippen LogP contribution in [0.4, 0.5) is 0 Å². The van der Waals surface area contributed by atoms with Crippen LogP contribution in [-0.4, -0.2) is 41.1 Å². The van der Waals surface area contributed by atoms with Crippen molar-refractivity contribution in [3.05, 3.63) is 0 Å². The molecule has 0 radical (unpaired) electrons. The summed E-state index contributed by atoms with van der Waals surface area (Å²) in [4.78, 5) is 14.5. The quantitative estimate of drug-likeness (QED) is 0.801. The summed E-state index contributed by atoms with van der Waals surface area (Å²) in [6, 6.07) is 0. The zero-order chi connectivity index (χ0) is 13.8. The van der Waals surface area contributed by atoms with Gasteiger partial charge in [0.1, 0.15) is 0 Å². The van der Waals surface area contributed by atoms with Gasteiger partial charge in [0.15, 0.2) is 0 Å². The van der Waals surface area contributed by atoms with Crippen LogP contribution in [0.5, 0.6) is 0 Å². The van der Waals surface area contributed by atoms with Gasteiger partial charge in [-0.3, -0.25) is 4.79 Å². The van der Waals surface area contributed by atoms with Crippen LogP contribution in [-0.2, 0) is 4.79 Å². The van der Waals surface area contributed by atoms with Crippen molar-refractivity contribution in [1.29, 1.82) is 0 Å². The summed E-state index contributed by atoms with van der Waals surface area (Å²) in [5, 5.41) is 10.1. The van der Waals surface area contributed by atoms with Gasteiger partial charge in [-0.25, -0.2) is 0 Å². The lowest BCUT2D eigenvalue weighted by atomic mass is 9.81. The average Bonchev–Trinajstić information content (AvgIpc) is 2.53. The molecule has 1 aliphatic heterocycles. The van der Waals surface area contributed by atoms with Crippen LogP contribution in [0, 0.1) is 5.41 Å². The smallest absolute Gasteiger partial charge is 0.230 e. The van der Waals surface area contributed by atoms with Gasteiger partial charge in [-0.05, 0) is 39.0 Å². The highest BCUT2D eigenvalue weighted by atomic mass is 16.3. The van der Waals surface area contributed by atoms with Gasteiger partial charge < -0.3 is 15.7 Å². The van der Waals surface area contributed by atoms with Gasteiger partial charge >= 0.3 is 0 Å². The number of hydrogen-bond acceptors (Lipinski definition) is 3. The summed E-state index contributed by atoms with van der Waals surface area (Å²) < 4.78 is 0. The lowest BCUT2D eigenvalue weighted by molar-refractivity contribution is -0.142. The fraction of sp³-hybridized carbons (Fsp3) is 0.929. The van der Waals surface area contributed by atoms with Crippen molar-refractivity contribution in [2.45, 2.75) is 58.5 Å². The predicted molar refractivity (Wildman–Crippen MR) is 73.1 cm³/mol. The summed E-state index contributed by atoms with van der Waals surface area (Å²) in [5.74, 6) is 0.174. The number of amides is 1. The van der Waals surface area contributed by atoms with Gasteiger partial charge in [0.2, 0.25) is 5.91 Å². The van der Waals surface area contributed by atoms with Crippen LogP contribution in [0.15, 0.2) is 0 Å². The van der Waals surface area contributed by atoms with E-state index in [1.165, 1.54) is 0 Å². The molecule has 0 saturated carbocycles. The maximum atomic E-state index is 12.6. The molecule has 0 bridgehead atoms. The average molecular weight is 256 g/mol. The van der Waals surface area contributed by atoms with Gasteiger partial charge in [-0.2, -0.15) is 0 Å². The lowest BCUT2D eigenvalue weighted by Gasteiger charge is -2.35. The minimum atomic E-state index is -0.626. The molecule has 18 heavy (non-hydrogen) atoms. The number of carbonyl (C=O) groups is 1. The zero-order valence-electron chi connectivity index (χ0n) is 12.0. The summed E-state index contributed by atoms with van der Waals surface area (Å²) in [6.45, 7) is 7.72. The second-order valence-electron chi connectivity index (χ2n) is 5.83. The van der Waals surface area contributed by atoms with E-state index < -0.39 is 11.0 Å². The van der Waals surface area contributed by atoms with Crippen LogP contribution in [0.2, 0.25) is 0 Å². The van der Waals surface area contributed by atoms with E-state index in [0.717, 1.165) is 32.2 Å². The third-order valence-corrected chi connectivity index (χ3v) is 4.55. The second-order valence-corrected chi connectivity index (χ2v) is 5.83. The lowest BCUT2D eigenvalue weighted by Crippen LogP contribution is -2.48. The molecule has 3 N–H and O–H groups in total. The Balaban J connectivity index is 2.77. The molecule has 1 unspecified atom stereocenters. The third kappa shape index (κ3) is 3.23. The number of likely N-dealkylation sites (tertiary alicyclic amines) is 1. The van der Waals surface area contributed by atoms with Crippen molar-refractivity contribution in [3.63, 3.8) is 0 Å². The van der Waals surface area contributed by atoms with Crippen LogP contribution >= 0.6 is 0 Å². The number of nitrogens with two attached hydrogens (primary N) is 1. The van der Waals surface area contributed by atoms with E-state index in [0.29, 0.717) is 19.5 Å². The molecule has 4 nitrogen and oxygen atoms in total. The van der Waals surface area contributed by atoms with Crippen molar-refractivity contribution in [2.75, 3.05) is 19.6 Å². The SMILES string of the molecule is CCC(CC)(CN)C(=O)N1CCCC(C)(O)CC1. The van der Waals surface area contributed by atoms with E-state index in [9.17, 15) is 9.90 Å². The number of aliphatic hydroxyl groups is 1. The highest BCUT2D eigenvalue weighted by Gasteiger charge is 2.38. The molecular weight excluding hydrogens is 228 g/mol. The largest absolute Gasteiger partial charge is 0.390 e. The summed E-state index contributed by atoms with van der Waals surface area (Å²) in [5.41, 5.74) is 4.80. The Hall–Kier alpha value is -0.610. The standard InChI is InChI=1S/C14H28N2O2/c1-4-14(5-2,11-15)12(17)16-9-6-7-13(3,18)8-10-16/h18H,4-11,15H2,1-3H3. The molecule has 1 saturated heterocycles. The highest BCUT2D eigenvalue weighted by Crippen LogP contribution is 2.30. The first-order chi connectivity index (χ1) is 8.40. The second kappa shape index (κ2) is 6.02. The Morgan fingerprint density at radius 1 is 1.33 bits per heavy atom. The normalized spacial score (nSPS) is 25.9. The van der Waals surface area contributed by atoms with Gasteiger partial charge in [0, 0.05) is 19.6 Å². The monoisotopic (exact) mass is 256 g/mol. The summed E-state index contributed by atoms with van der Waals surface area (Å²) >= 11 is 0. The van der Waals surface area contributed by atoms with E-state index in [2.05, 4.69) is 0 Å². The van der Waals surface area contributed by atoms with Gasteiger partial charge in [-0.15, -0.1) is 0 Å². The molecule has 4 heteroatoms. The Bertz CT molecular complexity index is 277. The van der Waals surface area contributed by atoms with Crippen molar-refractivity contribution in [2.24, 2.45) is 11.1 Å². The van der Waals surface area contributed by atoms with Crippen molar-refractivity contribution in [1.82, 2.24) is 4.90 Å². The maximum Gasteiger partial charge on any atom is 0.230 e. The first-order valence-electron chi connectivity index (χ1n) is 7.12. The topological polar surface area (TPSA) is 66.6 Å². The number of hydrogen-bond donors (Lipinski definition) is 2. The number of nitrogens with zero attached hydrogens (tertiary/aromatic N) is 1. The molecule has 0 aromatic carbocycles. The molecule has 0 spiro atoms. The zero-order valence-corrected chi connectivity index (χ0v) is 12.0. The first kappa shape index (κ1) is 15.4. The predicted octanol–water partition coefficient (Wildman–Crippen LogP) is 1.52. The van der Waals surface area contributed by atoms with Crippen LogP contribution < -0.4 is 5.73 Å². The van der Waals surface area contributed by atoms with Crippen LogP contribution in [0.25, 0.3) is 0 Å². The highest BCUT2D eigenvalue weighted by molar-refractivity contribution is 5.83. The minimum absolute atomic E-state index is 0.174. The minimum Gasteiger partial charge on any atom is -0.390 e. The van der Waals surface area contributed by atoms with Crippen LogP contribution in [0.3, 0.4) is 0 Å². The van der Waals surface area contributed by atoms with Crippen molar-refractivity contribution >= 4 is 5.91 Å². The molecule has 1 aliphatic rings. The first-order valence-corrected chi connectivity index (χ1v) is 7.12. The Morgan fingerprint density at radius 2 is 1.94 bits per heavy atom. The Kier molecular flexibility index (Phi) is 5.17. The Labute approximate surface area is 111 Å². The fourth-order valence-corrected chi connectivity index (χ4v) is 2.73. The molecule has 0 aromatic rings. The molecule has 1 heterocycles. The molecular formula is C14H28N2O2. The van der Waals surface area contributed by atoms with Crippen LogP contribution in [0.1, 0.15) is 52.9 Å². The molecule has 0 aromatic heterocycles. The third-order valence-electron chi connectivity index (χ3n) is 4.55. The molecule has 106 valence electrons.